The summed E-state index contributed by atoms with van der Waals surface area (Å²) >= 11 is 11.6. The number of allylic oxidation sites excluding steroid dienone is 1. The highest BCUT2D eigenvalue weighted by Gasteiger charge is 2.23. The van der Waals surface area contributed by atoms with Crippen LogP contribution >= 0.6 is 23.2 Å². The van der Waals surface area contributed by atoms with E-state index < -0.39 is 34.2 Å². The molecule has 0 saturated carbocycles. The molecule has 0 saturated heterocycles. The molecule has 10 heteroatoms. The van der Waals surface area contributed by atoms with Gasteiger partial charge in [0.15, 0.2) is 16.8 Å². The minimum atomic E-state index is -1.06. The highest BCUT2D eigenvalue weighted by molar-refractivity contribution is 6.36. The van der Waals surface area contributed by atoms with Gasteiger partial charge >= 0.3 is 5.97 Å². The number of halogens is 4. The lowest BCUT2D eigenvalue weighted by atomic mass is 10.1. The van der Waals surface area contributed by atoms with Gasteiger partial charge in [-0.05, 0) is 25.1 Å². The molecule has 0 atom stereocenters. The van der Waals surface area contributed by atoms with E-state index in [-0.39, 0.29) is 23.1 Å². The number of ketones is 1. The summed E-state index contributed by atoms with van der Waals surface area (Å²) in [7, 11) is 0. The summed E-state index contributed by atoms with van der Waals surface area (Å²) in [6.07, 6.45) is 2.62. The third-order valence-corrected chi connectivity index (χ3v) is 3.46. The van der Waals surface area contributed by atoms with Crippen molar-refractivity contribution < 1.29 is 23.1 Å². The number of carbonyl (C=O) groups excluding carboxylic acids is 2. The van der Waals surface area contributed by atoms with Crippen molar-refractivity contribution in [2.24, 2.45) is 0 Å². The number of nitrogens with zero attached hydrogens (tertiary/aromatic N) is 2. The van der Waals surface area contributed by atoms with E-state index in [0.29, 0.717) is 0 Å². The van der Waals surface area contributed by atoms with E-state index in [1.54, 1.807) is 6.92 Å². The van der Waals surface area contributed by atoms with Crippen LogP contribution < -0.4 is 5.32 Å². The zero-order valence-electron chi connectivity index (χ0n) is 13.2. The molecule has 0 fully saturated rings. The summed E-state index contributed by atoms with van der Waals surface area (Å²) in [5.74, 6) is -3.21. The predicted molar refractivity (Wildman–Crippen MR) is 91.8 cm³/mol. The van der Waals surface area contributed by atoms with Crippen molar-refractivity contribution in [1.29, 1.82) is 0 Å². The fourth-order valence-corrected chi connectivity index (χ4v) is 2.34. The van der Waals surface area contributed by atoms with Gasteiger partial charge < -0.3 is 10.1 Å². The molecule has 136 valence electrons. The van der Waals surface area contributed by atoms with E-state index in [4.69, 9.17) is 23.2 Å². The molecular formula is C16H11Cl2F2N3O3. The number of nitrogens with one attached hydrogen (secondary N) is 1. The molecular weight excluding hydrogens is 391 g/mol. The van der Waals surface area contributed by atoms with E-state index >= 15 is 0 Å². The van der Waals surface area contributed by atoms with E-state index in [1.807, 2.05) is 0 Å². The van der Waals surface area contributed by atoms with Crippen molar-refractivity contribution in [2.75, 3.05) is 11.9 Å². The quantitative estimate of drug-likeness (QED) is 0.339. The van der Waals surface area contributed by atoms with Gasteiger partial charge in [0.2, 0.25) is 0 Å². The van der Waals surface area contributed by atoms with Gasteiger partial charge in [-0.15, -0.1) is 0 Å². The van der Waals surface area contributed by atoms with Crippen LogP contribution in [0.1, 0.15) is 17.3 Å². The van der Waals surface area contributed by atoms with Crippen molar-refractivity contribution in [1.82, 2.24) is 9.97 Å². The van der Waals surface area contributed by atoms with Crippen LogP contribution in [0.3, 0.4) is 0 Å². The number of carbonyl (C=O) groups is 2. The Labute approximate surface area is 156 Å². The average Bonchev–Trinajstić information content (AvgIpc) is 2.59. The molecule has 2 heterocycles. The molecule has 0 unspecified atom stereocenters. The second kappa shape index (κ2) is 8.68. The fourth-order valence-electron chi connectivity index (χ4n) is 1.84. The summed E-state index contributed by atoms with van der Waals surface area (Å²) in [6, 6.07) is 2.31. The van der Waals surface area contributed by atoms with Crippen LogP contribution in [0.25, 0.3) is 0 Å². The SMILES string of the molecule is CCOC(=O)/C=C/C(=O)c1c(Cl)nc(Cl)c(F)c1Nc1ccc(F)cn1. The summed E-state index contributed by atoms with van der Waals surface area (Å²) in [6.45, 7) is 1.72. The second-order valence-electron chi connectivity index (χ2n) is 4.69. The summed E-state index contributed by atoms with van der Waals surface area (Å²) in [4.78, 5) is 30.9. The molecule has 0 radical (unpaired) electrons. The Morgan fingerprint density at radius 1 is 1.23 bits per heavy atom. The van der Waals surface area contributed by atoms with E-state index in [0.717, 1.165) is 24.4 Å². The number of esters is 1. The molecule has 0 aliphatic rings. The molecule has 0 bridgehead atoms. The first-order valence-electron chi connectivity index (χ1n) is 7.15. The second-order valence-corrected chi connectivity index (χ2v) is 5.41. The van der Waals surface area contributed by atoms with Gasteiger partial charge in [-0.3, -0.25) is 4.79 Å². The molecule has 0 amide bonds. The number of hydrogen-bond acceptors (Lipinski definition) is 6. The maximum Gasteiger partial charge on any atom is 0.330 e. The van der Waals surface area contributed by atoms with Crippen molar-refractivity contribution in [3.63, 3.8) is 0 Å². The van der Waals surface area contributed by atoms with Crippen LogP contribution in [-0.2, 0) is 9.53 Å². The highest BCUT2D eigenvalue weighted by Crippen LogP contribution is 2.32. The lowest BCUT2D eigenvalue weighted by Gasteiger charge is -2.13. The standard InChI is InChI=1S/C16H11Cl2F2N3O3/c1-2-26-11(25)6-4-9(24)12-14(13(20)16(18)23-15(12)17)22-10-5-3-8(19)7-21-10/h3-7H,2H2,1H3,(H,21,22,23)/b6-4+. The molecule has 0 aliphatic heterocycles. The van der Waals surface area contributed by atoms with Crippen molar-refractivity contribution in [2.45, 2.75) is 6.92 Å². The number of anilines is 2. The van der Waals surface area contributed by atoms with Gasteiger partial charge in [0, 0.05) is 6.08 Å². The van der Waals surface area contributed by atoms with Gasteiger partial charge in [0.25, 0.3) is 0 Å². The smallest absolute Gasteiger partial charge is 0.330 e. The third kappa shape index (κ3) is 4.74. The van der Waals surface area contributed by atoms with Gasteiger partial charge in [0.05, 0.1) is 24.1 Å². The zero-order chi connectivity index (χ0) is 19.3. The molecule has 0 aliphatic carbocycles. The Balaban J connectivity index is 2.44. The average molecular weight is 402 g/mol. The van der Waals surface area contributed by atoms with Gasteiger partial charge in [0.1, 0.15) is 16.8 Å². The Bertz CT molecular complexity index is 874. The summed E-state index contributed by atoms with van der Waals surface area (Å²) in [5.41, 5.74) is -0.784. The summed E-state index contributed by atoms with van der Waals surface area (Å²) < 4.78 is 32.0. The first-order chi connectivity index (χ1) is 12.3. The minimum absolute atomic E-state index is 0.0343. The molecule has 26 heavy (non-hydrogen) atoms. The molecule has 2 aromatic rings. The molecule has 6 nitrogen and oxygen atoms in total. The van der Waals surface area contributed by atoms with E-state index in [1.165, 1.54) is 6.07 Å². The minimum Gasteiger partial charge on any atom is -0.463 e. The fraction of sp³-hybridized carbons (Fsp3) is 0.125. The van der Waals surface area contributed by atoms with Crippen LogP contribution in [0.5, 0.6) is 0 Å². The lowest BCUT2D eigenvalue weighted by molar-refractivity contribution is -0.137. The predicted octanol–water partition coefficient (Wildman–Crippen LogP) is 4.11. The molecule has 0 aromatic carbocycles. The first kappa shape index (κ1) is 19.7. The maximum absolute atomic E-state index is 14.4. The number of aromatic nitrogens is 2. The van der Waals surface area contributed by atoms with Gasteiger partial charge in [-0.1, -0.05) is 23.2 Å². The topological polar surface area (TPSA) is 81.2 Å². The Morgan fingerprint density at radius 2 is 1.96 bits per heavy atom. The monoisotopic (exact) mass is 401 g/mol. The number of ether oxygens (including phenoxy) is 1. The van der Waals surface area contributed by atoms with Gasteiger partial charge in [-0.25, -0.2) is 23.5 Å². The van der Waals surface area contributed by atoms with Crippen molar-refractivity contribution in [3.05, 3.63) is 58.0 Å². The van der Waals surface area contributed by atoms with E-state index in [2.05, 4.69) is 20.0 Å². The number of rotatable bonds is 6. The number of hydrogen-bond donors (Lipinski definition) is 1. The van der Waals surface area contributed by atoms with Crippen LogP contribution in [0.2, 0.25) is 10.3 Å². The Morgan fingerprint density at radius 3 is 2.58 bits per heavy atom. The molecule has 2 aromatic heterocycles. The highest BCUT2D eigenvalue weighted by atomic mass is 35.5. The molecule has 0 spiro atoms. The maximum atomic E-state index is 14.4. The summed E-state index contributed by atoms with van der Waals surface area (Å²) in [5, 5.41) is 1.54. The third-order valence-electron chi connectivity index (χ3n) is 2.94. The zero-order valence-corrected chi connectivity index (χ0v) is 14.7. The Kier molecular flexibility index (Phi) is 6.59. The largest absolute Gasteiger partial charge is 0.463 e. The van der Waals surface area contributed by atoms with Gasteiger partial charge in [-0.2, -0.15) is 0 Å². The normalized spacial score (nSPS) is 10.8. The van der Waals surface area contributed by atoms with Crippen LogP contribution in [0.15, 0.2) is 30.5 Å². The number of pyridine rings is 2. The Hall–Kier alpha value is -2.58. The van der Waals surface area contributed by atoms with Crippen LogP contribution in [-0.4, -0.2) is 28.3 Å². The molecule has 1 N–H and O–H groups in total. The van der Waals surface area contributed by atoms with Crippen molar-refractivity contribution >= 4 is 46.5 Å². The van der Waals surface area contributed by atoms with Crippen LogP contribution in [0, 0.1) is 11.6 Å². The van der Waals surface area contributed by atoms with Crippen molar-refractivity contribution in [3.8, 4) is 0 Å². The lowest BCUT2D eigenvalue weighted by Crippen LogP contribution is -2.09. The van der Waals surface area contributed by atoms with E-state index in [9.17, 15) is 18.4 Å². The molecule has 2 rings (SSSR count). The first-order valence-corrected chi connectivity index (χ1v) is 7.91. The van der Waals surface area contributed by atoms with Crippen LogP contribution in [0.4, 0.5) is 20.3 Å².